The SMILES string of the molecule is CCCCN(CCCC)CCCCCCNC(C)(C)C. The Kier molecular flexibility index (Phi) is 12.6. The van der Waals surface area contributed by atoms with Crippen LogP contribution < -0.4 is 5.32 Å². The summed E-state index contributed by atoms with van der Waals surface area (Å²) in [6.45, 7) is 16.4. The van der Waals surface area contributed by atoms with Crippen molar-refractivity contribution in [3.63, 3.8) is 0 Å². The first kappa shape index (κ1) is 19.9. The molecule has 0 heterocycles. The van der Waals surface area contributed by atoms with Crippen molar-refractivity contribution >= 4 is 0 Å². The molecule has 0 aliphatic rings. The number of hydrogen-bond acceptors (Lipinski definition) is 2. The number of hydrogen-bond donors (Lipinski definition) is 1. The van der Waals surface area contributed by atoms with Crippen LogP contribution in [0, 0.1) is 0 Å². The largest absolute Gasteiger partial charge is 0.312 e. The summed E-state index contributed by atoms with van der Waals surface area (Å²) in [5, 5.41) is 3.57. The van der Waals surface area contributed by atoms with E-state index in [0.717, 1.165) is 0 Å². The highest BCUT2D eigenvalue weighted by atomic mass is 15.1. The van der Waals surface area contributed by atoms with Crippen LogP contribution in [-0.4, -0.2) is 36.6 Å². The van der Waals surface area contributed by atoms with Crippen molar-refractivity contribution in [1.82, 2.24) is 10.2 Å². The Morgan fingerprint density at radius 1 is 0.700 bits per heavy atom. The van der Waals surface area contributed by atoms with Crippen LogP contribution in [0.1, 0.15) is 86.0 Å². The van der Waals surface area contributed by atoms with Gasteiger partial charge in [0.15, 0.2) is 0 Å². The van der Waals surface area contributed by atoms with Crippen LogP contribution in [0.4, 0.5) is 0 Å². The van der Waals surface area contributed by atoms with Gasteiger partial charge in [0.05, 0.1) is 0 Å². The fraction of sp³-hybridized carbons (Fsp3) is 1.00. The summed E-state index contributed by atoms with van der Waals surface area (Å²) in [6.07, 6.45) is 10.8. The summed E-state index contributed by atoms with van der Waals surface area (Å²) >= 11 is 0. The Bertz CT molecular complexity index is 188. The highest BCUT2D eigenvalue weighted by molar-refractivity contribution is 4.69. The molecule has 0 aromatic carbocycles. The van der Waals surface area contributed by atoms with Gasteiger partial charge in [0.25, 0.3) is 0 Å². The van der Waals surface area contributed by atoms with Gasteiger partial charge in [-0.15, -0.1) is 0 Å². The first-order valence-electron chi connectivity index (χ1n) is 8.97. The fourth-order valence-electron chi connectivity index (χ4n) is 2.38. The molecule has 0 saturated heterocycles. The second-order valence-electron chi connectivity index (χ2n) is 7.14. The molecule has 0 aromatic heterocycles. The van der Waals surface area contributed by atoms with Crippen molar-refractivity contribution in [3.05, 3.63) is 0 Å². The normalized spacial score (nSPS) is 12.3. The highest BCUT2D eigenvalue weighted by Gasteiger charge is 2.07. The summed E-state index contributed by atoms with van der Waals surface area (Å²) in [5.74, 6) is 0. The summed E-state index contributed by atoms with van der Waals surface area (Å²) in [5.41, 5.74) is 0.275. The number of nitrogens with zero attached hydrogens (tertiary/aromatic N) is 1. The van der Waals surface area contributed by atoms with Gasteiger partial charge in [-0.05, 0) is 72.6 Å². The molecule has 0 amide bonds. The number of unbranched alkanes of at least 4 members (excludes halogenated alkanes) is 5. The maximum Gasteiger partial charge on any atom is 0.00965 e. The minimum Gasteiger partial charge on any atom is -0.312 e. The molecule has 0 atom stereocenters. The van der Waals surface area contributed by atoms with Crippen molar-refractivity contribution in [3.8, 4) is 0 Å². The maximum atomic E-state index is 3.57. The molecular formula is C18H40N2. The van der Waals surface area contributed by atoms with E-state index in [1.54, 1.807) is 0 Å². The molecule has 20 heavy (non-hydrogen) atoms. The summed E-state index contributed by atoms with van der Waals surface area (Å²) in [6, 6.07) is 0. The van der Waals surface area contributed by atoms with Crippen molar-refractivity contribution in [2.45, 2.75) is 91.5 Å². The van der Waals surface area contributed by atoms with Crippen LogP contribution in [0.2, 0.25) is 0 Å². The van der Waals surface area contributed by atoms with Gasteiger partial charge in [0.1, 0.15) is 0 Å². The topological polar surface area (TPSA) is 15.3 Å². The monoisotopic (exact) mass is 284 g/mol. The van der Waals surface area contributed by atoms with Gasteiger partial charge in [-0.3, -0.25) is 0 Å². The van der Waals surface area contributed by atoms with Crippen molar-refractivity contribution in [1.29, 1.82) is 0 Å². The Balaban J connectivity index is 3.51. The Hall–Kier alpha value is -0.0800. The Labute approximate surface area is 128 Å². The second kappa shape index (κ2) is 12.6. The maximum absolute atomic E-state index is 3.57. The lowest BCUT2D eigenvalue weighted by molar-refractivity contribution is 0.258. The third kappa shape index (κ3) is 14.3. The quantitative estimate of drug-likeness (QED) is 0.487. The molecule has 2 heteroatoms. The van der Waals surface area contributed by atoms with E-state index in [1.165, 1.54) is 77.5 Å². The minimum absolute atomic E-state index is 0.275. The molecule has 0 aromatic rings. The first-order chi connectivity index (χ1) is 9.49. The van der Waals surface area contributed by atoms with Gasteiger partial charge >= 0.3 is 0 Å². The molecule has 0 spiro atoms. The van der Waals surface area contributed by atoms with Crippen LogP contribution in [0.15, 0.2) is 0 Å². The van der Waals surface area contributed by atoms with Gasteiger partial charge in [-0.2, -0.15) is 0 Å². The van der Waals surface area contributed by atoms with Gasteiger partial charge in [0.2, 0.25) is 0 Å². The molecule has 0 rings (SSSR count). The van der Waals surface area contributed by atoms with Crippen LogP contribution in [0.25, 0.3) is 0 Å². The van der Waals surface area contributed by atoms with Crippen LogP contribution >= 0.6 is 0 Å². The molecule has 0 fully saturated rings. The van der Waals surface area contributed by atoms with Crippen molar-refractivity contribution < 1.29 is 0 Å². The lowest BCUT2D eigenvalue weighted by Gasteiger charge is -2.22. The predicted octanol–water partition coefficient (Wildman–Crippen LogP) is 4.84. The van der Waals surface area contributed by atoms with E-state index in [4.69, 9.17) is 0 Å². The lowest BCUT2D eigenvalue weighted by Crippen LogP contribution is -2.36. The zero-order valence-corrected chi connectivity index (χ0v) is 14.9. The fourth-order valence-corrected chi connectivity index (χ4v) is 2.38. The van der Waals surface area contributed by atoms with E-state index < -0.39 is 0 Å². The van der Waals surface area contributed by atoms with E-state index in [2.05, 4.69) is 44.8 Å². The molecule has 0 bridgehead atoms. The van der Waals surface area contributed by atoms with Gasteiger partial charge in [-0.1, -0.05) is 39.5 Å². The van der Waals surface area contributed by atoms with Crippen molar-refractivity contribution in [2.24, 2.45) is 0 Å². The molecule has 0 aliphatic heterocycles. The standard InChI is InChI=1S/C18H40N2/c1-6-8-15-20(16-9-7-2)17-13-11-10-12-14-19-18(3,4)5/h19H,6-17H2,1-5H3. The summed E-state index contributed by atoms with van der Waals surface area (Å²) in [4.78, 5) is 2.68. The molecule has 1 N–H and O–H groups in total. The second-order valence-corrected chi connectivity index (χ2v) is 7.14. The van der Waals surface area contributed by atoms with Gasteiger partial charge < -0.3 is 10.2 Å². The third-order valence-electron chi connectivity index (χ3n) is 3.71. The van der Waals surface area contributed by atoms with Crippen LogP contribution in [0.5, 0.6) is 0 Å². The van der Waals surface area contributed by atoms with Gasteiger partial charge in [-0.25, -0.2) is 0 Å². The van der Waals surface area contributed by atoms with Crippen LogP contribution in [-0.2, 0) is 0 Å². The average molecular weight is 285 g/mol. The molecule has 122 valence electrons. The summed E-state index contributed by atoms with van der Waals surface area (Å²) in [7, 11) is 0. The molecular weight excluding hydrogens is 244 g/mol. The van der Waals surface area contributed by atoms with E-state index >= 15 is 0 Å². The third-order valence-corrected chi connectivity index (χ3v) is 3.71. The Morgan fingerprint density at radius 3 is 1.70 bits per heavy atom. The highest BCUT2D eigenvalue weighted by Crippen LogP contribution is 2.06. The smallest absolute Gasteiger partial charge is 0.00965 e. The summed E-state index contributed by atoms with van der Waals surface area (Å²) < 4.78 is 0. The molecule has 0 radical (unpaired) electrons. The lowest BCUT2D eigenvalue weighted by atomic mass is 10.1. The number of rotatable bonds is 13. The first-order valence-corrected chi connectivity index (χ1v) is 8.97. The van der Waals surface area contributed by atoms with E-state index in [9.17, 15) is 0 Å². The van der Waals surface area contributed by atoms with Crippen LogP contribution in [0.3, 0.4) is 0 Å². The van der Waals surface area contributed by atoms with E-state index in [-0.39, 0.29) is 5.54 Å². The zero-order chi connectivity index (χ0) is 15.3. The molecule has 0 aliphatic carbocycles. The number of nitrogens with one attached hydrogen (secondary N) is 1. The Morgan fingerprint density at radius 2 is 1.20 bits per heavy atom. The minimum atomic E-state index is 0.275. The molecule has 0 unspecified atom stereocenters. The zero-order valence-electron chi connectivity index (χ0n) is 14.9. The predicted molar refractivity (Wildman–Crippen MR) is 92.5 cm³/mol. The van der Waals surface area contributed by atoms with E-state index in [0.29, 0.717) is 0 Å². The molecule has 0 saturated carbocycles. The molecule has 2 nitrogen and oxygen atoms in total. The average Bonchev–Trinajstić information content (AvgIpc) is 2.38. The van der Waals surface area contributed by atoms with Crippen molar-refractivity contribution in [2.75, 3.05) is 26.2 Å². The van der Waals surface area contributed by atoms with Gasteiger partial charge in [0, 0.05) is 5.54 Å². The van der Waals surface area contributed by atoms with E-state index in [1.807, 2.05) is 0 Å².